The van der Waals surface area contributed by atoms with Gasteiger partial charge in [-0.2, -0.15) is 0 Å². The second kappa shape index (κ2) is 7.63. The molecular formula is C21H37NO2. The van der Waals surface area contributed by atoms with Gasteiger partial charge in [0.2, 0.25) is 0 Å². The molecule has 0 aromatic heterocycles. The van der Waals surface area contributed by atoms with Crippen LogP contribution >= 0.6 is 0 Å². The number of hydrogen-bond donors (Lipinski definition) is 2. The average molecular weight is 336 g/mol. The van der Waals surface area contributed by atoms with Crippen molar-refractivity contribution >= 4 is 0 Å². The molecule has 0 spiro atoms. The molecule has 1 saturated heterocycles. The molecule has 4 fully saturated rings. The summed E-state index contributed by atoms with van der Waals surface area (Å²) in [7, 11) is 0. The van der Waals surface area contributed by atoms with Crippen LogP contribution in [0.5, 0.6) is 0 Å². The molecule has 4 rings (SSSR count). The number of fused-ring (bicyclic) bond motifs is 3. The summed E-state index contributed by atoms with van der Waals surface area (Å²) in [5, 5.41) is 19.8. The van der Waals surface area contributed by atoms with Crippen molar-refractivity contribution in [1.29, 1.82) is 0 Å². The van der Waals surface area contributed by atoms with Crippen LogP contribution in [-0.2, 0) is 0 Å². The molecule has 1 aliphatic heterocycles. The minimum absolute atomic E-state index is 0.315. The smallest absolute Gasteiger partial charge is 0.0586 e. The van der Waals surface area contributed by atoms with E-state index in [0.717, 1.165) is 43.2 Å². The molecular weight excluding hydrogens is 298 g/mol. The molecule has 1 heterocycles. The molecule has 138 valence electrons. The van der Waals surface area contributed by atoms with E-state index in [2.05, 4.69) is 4.90 Å². The van der Waals surface area contributed by atoms with Crippen LogP contribution in [-0.4, -0.2) is 47.5 Å². The average Bonchev–Trinajstić information content (AvgIpc) is 3.01. The minimum atomic E-state index is 0.315. The van der Waals surface area contributed by atoms with Gasteiger partial charge in [0.1, 0.15) is 0 Å². The Morgan fingerprint density at radius 3 is 2.42 bits per heavy atom. The highest BCUT2D eigenvalue weighted by molar-refractivity contribution is 5.00. The van der Waals surface area contributed by atoms with Crippen molar-refractivity contribution in [3.8, 4) is 0 Å². The van der Waals surface area contributed by atoms with Crippen LogP contribution in [0.25, 0.3) is 0 Å². The number of aliphatic hydroxyl groups excluding tert-OH is 2. The molecule has 3 saturated carbocycles. The largest absolute Gasteiger partial charge is 0.396 e. The summed E-state index contributed by atoms with van der Waals surface area (Å²) in [4.78, 5) is 2.58. The highest BCUT2D eigenvalue weighted by Gasteiger charge is 2.50. The van der Waals surface area contributed by atoms with Gasteiger partial charge in [-0.3, -0.25) is 4.90 Å². The summed E-state index contributed by atoms with van der Waals surface area (Å²) >= 11 is 0. The van der Waals surface area contributed by atoms with Gasteiger partial charge in [0, 0.05) is 19.2 Å². The Kier molecular flexibility index (Phi) is 5.50. The van der Waals surface area contributed by atoms with Crippen molar-refractivity contribution in [2.24, 2.45) is 35.5 Å². The second-order valence-electron chi connectivity index (χ2n) is 9.28. The van der Waals surface area contributed by atoms with Crippen LogP contribution < -0.4 is 0 Å². The summed E-state index contributed by atoms with van der Waals surface area (Å²) in [6, 6.07) is 0.377. The van der Waals surface area contributed by atoms with Gasteiger partial charge < -0.3 is 10.2 Å². The van der Waals surface area contributed by atoms with Crippen molar-refractivity contribution in [3.05, 3.63) is 0 Å². The predicted octanol–water partition coefficient (Wildman–Crippen LogP) is 3.29. The molecule has 3 nitrogen and oxygen atoms in total. The van der Waals surface area contributed by atoms with Gasteiger partial charge in [-0.05, 0) is 80.6 Å². The summed E-state index contributed by atoms with van der Waals surface area (Å²) in [5.41, 5.74) is 0. The molecule has 0 aromatic rings. The normalized spacial score (nSPS) is 46.5. The first-order valence-corrected chi connectivity index (χ1v) is 10.8. The molecule has 0 amide bonds. The van der Waals surface area contributed by atoms with E-state index in [-0.39, 0.29) is 0 Å². The number of aliphatic hydroxyl groups is 2. The highest BCUT2D eigenvalue weighted by Crippen LogP contribution is 2.57. The first kappa shape index (κ1) is 17.3. The van der Waals surface area contributed by atoms with E-state index in [1.54, 1.807) is 0 Å². The number of likely N-dealkylation sites (tertiary alicyclic amines) is 1. The molecule has 7 unspecified atom stereocenters. The lowest BCUT2D eigenvalue weighted by molar-refractivity contribution is 0.000320. The maximum Gasteiger partial charge on any atom is 0.0586 e. The fourth-order valence-electron chi connectivity index (χ4n) is 7.11. The van der Waals surface area contributed by atoms with E-state index >= 15 is 0 Å². The Hall–Kier alpha value is -0.120. The maximum absolute atomic E-state index is 10.0. The minimum Gasteiger partial charge on any atom is -0.396 e. The van der Waals surface area contributed by atoms with Crippen molar-refractivity contribution in [3.63, 3.8) is 0 Å². The van der Waals surface area contributed by atoms with E-state index in [9.17, 15) is 10.2 Å². The first-order valence-electron chi connectivity index (χ1n) is 10.8. The van der Waals surface area contributed by atoms with E-state index in [4.69, 9.17) is 0 Å². The number of piperidine rings is 1. The molecule has 7 atom stereocenters. The van der Waals surface area contributed by atoms with Gasteiger partial charge in [-0.15, -0.1) is 0 Å². The van der Waals surface area contributed by atoms with Crippen LogP contribution in [0.3, 0.4) is 0 Å². The third-order valence-corrected chi connectivity index (χ3v) is 8.31. The van der Waals surface area contributed by atoms with E-state index in [0.29, 0.717) is 31.1 Å². The molecule has 0 bridgehead atoms. The quantitative estimate of drug-likeness (QED) is 0.828. The Bertz CT molecular complexity index is 415. The lowest BCUT2D eigenvalue weighted by atomic mass is 9.65. The van der Waals surface area contributed by atoms with Crippen LogP contribution in [0.15, 0.2) is 0 Å². The zero-order chi connectivity index (χ0) is 16.5. The lowest BCUT2D eigenvalue weighted by Gasteiger charge is -2.45. The fourth-order valence-corrected chi connectivity index (χ4v) is 7.11. The molecule has 2 N–H and O–H groups in total. The second-order valence-corrected chi connectivity index (χ2v) is 9.28. The maximum atomic E-state index is 10.0. The van der Waals surface area contributed by atoms with Crippen LogP contribution in [0.4, 0.5) is 0 Å². The molecule has 3 heteroatoms. The number of hydrogen-bond acceptors (Lipinski definition) is 3. The SMILES string of the molecule is OCC1CCC2C3CCCCC3CC2C1CN1CCCCC1CO. The Morgan fingerprint density at radius 2 is 1.58 bits per heavy atom. The zero-order valence-corrected chi connectivity index (χ0v) is 15.3. The summed E-state index contributed by atoms with van der Waals surface area (Å²) in [5.74, 6) is 4.97. The van der Waals surface area contributed by atoms with Crippen molar-refractivity contribution in [2.45, 2.75) is 70.3 Å². The van der Waals surface area contributed by atoms with E-state index in [1.807, 2.05) is 0 Å². The summed E-state index contributed by atoms with van der Waals surface area (Å²) in [6.45, 7) is 2.98. The van der Waals surface area contributed by atoms with Crippen molar-refractivity contribution in [2.75, 3.05) is 26.3 Å². The van der Waals surface area contributed by atoms with Gasteiger partial charge in [-0.1, -0.05) is 25.7 Å². The van der Waals surface area contributed by atoms with Crippen molar-refractivity contribution in [1.82, 2.24) is 4.90 Å². The third kappa shape index (κ3) is 3.17. The molecule has 4 aliphatic rings. The van der Waals surface area contributed by atoms with Crippen LogP contribution in [0.1, 0.15) is 64.2 Å². The van der Waals surface area contributed by atoms with Crippen LogP contribution in [0, 0.1) is 35.5 Å². The number of nitrogens with zero attached hydrogens (tertiary/aromatic N) is 1. The van der Waals surface area contributed by atoms with Crippen LogP contribution in [0.2, 0.25) is 0 Å². The van der Waals surface area contributed by atoms with Crippen molar-refractivity contribution < 1.29 is 10.2 Å². The third-order valence-electron chi connectivity index (χ3n) is 8.31. The van der Waals surface area contributed by atoms with Gasteiger partial charge in [0.05, 0.1) is 6.61 Å². The standard InChI is InChI=1S/C21H37NO2/c23-13-16-8-9-19-18-7-2-1-5-15(18)11-20(19)21(16)12-22-10-4-3-6-17(22)14-24/h15-21,23-24H,1-14H2. The number of rotatable bonds is 4. The van der Waals surface area contributed by atoms with Gasteiger partial charge in [-0.25, -0.2) is 0 Å². The topological polar surface area (TPSA) is 43.7 Å². The Morgan fingerprint density at radius 1 is 0.750 bits per heavy atom. The van der Waals surface area contributed by atoms with E-state index in [1.165, 1.54) is 57.8 Å². The van der Waals surface area contributed by atoms with Gasteiger partial charge in [0.15, 0.2) is 0 Å². The van der Waals surface area contributed by atoms with Gasteiger partial charge in [0.25, 0.3) is 0 Å². The fraction of sp³-hybridized carbons (Fsp3) is 1.00. The Balaban J connectivity index is 1.50. The monoisotopic (exact) mass is 335 g/mol. The summed E-state index contributed by atoms with van der Waals surface area (Å²) in [6.07, 6.45) is 13.6. The summed E-state index contributed by atoms with van der Waals surface area (Å²) < 4.78 is 0. The molecule has 3 aliphatic carbocycles. The van der Waals surface area contributed by atoms with E-state index < -0.39 is 0 Å². The zero-order valence-electron chi connectivity index (χ0n) is 15.3. The highest BCUT2D eigenvalue weighted by atomic mass is 16.3. The molecule has 0 aromatic carbocycles. The Labute approximate surface area is 147 Å². The lowest BCUT2D eigenvalue weighted by Crippen LogP contribution is -2.49. The predicted molar refractivity (Wildman–Crippen MR) is 96.6 cm³/mol. The molecule has 0 radical (unpaired) electrons. The first-order chi connectivity index (χ1) is 11.8. The molecule has 24 heavy (non-hydrogen) atoms. The van der Waals surface area contributed by atoms with Gasteiger partial charge >= 0.3 is 0 Å².